The zero-order valence-electron chi connectivity index (χ0n) is 29.8. The molecule has 0 rings (SSSR count). The standard InChI is InChI=1S/C24H46O4.C12H24O4/c1-3-5-7-9-11-13-15-17-19-21-23(25)27-28-24(26)22-20-18-16-14-12-10-8-6-4-2;1-6-8-9-12(7-2,10(13)14)16-15-11(3,4)5/h3-22H2,1-2H3;6-9H2,1-5H3,(H,13,14). The Bertz CT molecular complexity index is 654. The average molecular weight is 631 g/mol. The lowest BCUT2D eigenvalue weighted by Crippen LogP contribution is -2.43. The van der Waals surface area contributed by atoms with Crippen LogP contribution in [0, 0.1) is 0 Å². The van der Waals surface area contributed by atoms with Crippen molar-refractivity contribution in [2.45, 2.75) is 214 Å². The molecular formula is C36H70O8. The highest BCUT2D eigenvalue weighted by atomic mass is 17.2. The molecule has 0 aromatic rings. The zero-order valence-corrected chi connectivity index (χ0v) is 29.8. The van der Waals surface area contributed by atoms with E-state index in [1.807, 2.05) is 27.7 Å². The van der Waals surface area contributed by atoms with Crippen molar-refractivity contribution in [1.82, 2.24) is 0 Å². The number of hydrogen-bond donors (Lipinski definition) is 1. The number of carboxylic acid groups (broad SMARTS) is 1. The Morgan fingerprint density at radius 1 is 0.500 bits per heavy atom. The van der Waals surface area contributed by atoms with Gasteiger partial charge >= 0.3 is 17.9 Å². The molecule has 0 aromatic carbocycles. The Balaban J connectivity index is 0. The molecule has 0 spiro atoms. The summed E-state index contributed by atoms with van der Waals surface area (Å²) in [6.45, 7) is 13.8. The van der Waals surface area contributed by atoms with Gasteiger partial charge in [0.1, 0.15) is 0 Å². The van der Waals surface area contributed by atoms with Crippen molar-refractivity contribution >= 4 is 17.9 Å². The van der Waals surface area contributed by atoms with Crippen LogP contribution >= 0.6 is 0 Å². The quantitative estimate of drug-likeness (QED) is 0.0542. The first kappa shape index (κ1) is 44.5. The van der Waals surface area contributed by atoms with Gasteiger partial charge in [-0.15, -0.1) is 0 Å². The average Bonchev–Trinajstić information content (AvgIpc) is 2.98. The summed E-state index contributed by atoms with van der Waals surface area (Å²) in [4.78, 5) is 54.0. The number of unbranched alkanes of at least 4 members (excludes halogenated alkanes) is 17. The van der Waals surface area contributed by atoms with E-state index >= 15 is 0 Å². The van der Waals surface area contributed by atoms with Crippen LogP contribution in [0.2, 0.25) is 0 Å². The van der Waals surface area contributed by atoms with E-state index in [1.165, 1.54) is 77.0 Å². The van der Waals surface area contributed by atoms with Crippen molar-refractivity contribution in [3.05, 3.63) is 0 Å². The van der Waals surface area contributed by atoms with E-state index in [0.29, 0.717) is 25.7 Å². The predicted molar refractivity (Wildman–Crippen MR) is 178 cm³/mol. The van der Waals surface area contributed by atoms with E-state index in [1.54, 1.807) is 6.92 Å². The molecule has 0 aliphatic heterocycles. The summed E-state index contributed by atoms with van der Waals surface area (Å²) < 4.78 is 0. The maximum Gasteiger partial charge on any atom is 0.355 e. The second-order valence-electron chi connectivity index (χ2n) is 13.1. The van der Waals surface area contributed by atoms with Gasteiger partial charge in [-0.05, 0) is 46.5 Å². The molecule has 44 heavy (non-hydrogen) atoms. The second-order valence-corrected chi connectivity index (χ2v) is 13.1. The molecule has 0 radical (unpaired) electrons. The fourth-order valence-electron chi connectivity index (χ4n) is 4.57. The fourth-order valence-corrected chi connectivity index (χ4v) is 4.57. The highest BCUT2D eigenvalue weighted by Gasteiger charge is 2.40. The first-order chi connectivity index (χ1) is 21.0. The minimum absolute atomic E-state index is 0.334. The normalized spacial score (nSPS) is 12.6. The van der Waals surface area contributed by atoms with Gasteiger partial charge in [-0.2, -0.15) is 0 Å². The van der Waals surface area contributed by atoms with Crippen LogP contribution in [0.4, 0.5) is 0 Å². The number of rotatable bonds is 27. The van der Waals surface area contributed by atoms with Crippen molar-refractivity contribution in [1.29, 1.82) is 0 Å². The maximum absolute atomic E-state index is 11.6. The number of carboxylic acids is 1. The van der Waals surface area contributed by atoms with Crippen LogP contribution < -0.4 is 0 Å². The van der Waals surface area contributed by atoms with Crippen molar-refractivity contribution in [3.63, 3.8) is 0 Å². The third-order valence-electron chi connectivity index (χ3n) is 7.54. The Hall–Kier alpha value is -1.67. The molecule has 0 fully saturated rings. The van der Waals surface area contributed by atoms with Gasteiger partial charge in [0, 0.05) is 0 Å². The van der Waals surface area contributed by atoms with Crippen LogP contribution in [0.5, 0.6) is 0 Å². The summed E-state index contributed by atoms with van der Waals surface area (Å²) in [5.41, 5.74) is -1.70. The largest absolute Gasteiger partial charge is 0.479 e. The van der Waals surface area contributed by atoms with Crippen molar-refractivity contribution in [3.8, 4) is 0 Å². The van der Waals surface area contributed by atoms with Crippen LogP contribution in [-0.4, -0.2) is 34.2 Å². The monoisotopic (exact) mass is 631 g/mol. The predicted octanol–water partition coefficient (Wildman–Crippen LogP) is 11.0. The number of aliphatic carboxylic acids is 1. The summed E-state index contributed by atoms with van der Waals surface area (Å²) in [5, 5.41) is 9.24. The molecule has 0 saturated heterocycles. The molecule has 1 atom stereocenters. The maximum atomic E-state index is 11.6. The zero-order chi connectivity index (χ0) is 33.5. The van der Waals surface area contributed by atoms with E-state index in [0.717, 1.165) is 51.4 Å². The Morgan fingerprint density at radius 2 is 0.841 bits per heavy atom. The number of hydrogen-bond acceptors (Lipinski definition) is 7. The van der Waals surface area contributed by atoms with E-state index < -0.39 is 29.1 Å². The number of carbonyl (C=O) groups is 3. The minimum atomic E-state index is -1.21. The summed E-state index contributed by atoms with van der Waals surface area (Å²) >= 11 is 0. The first-order valence-corrected chi connectivity index (χ1v) is 18.0. The molecule has 8 nitrogen and oxygen atoms in total. The molecule has 1 unspecified atom stereocenters. The summed E-state index contributed by atoms with van der Waals surface area (Å²) in [6, 6.07) is 0. The smallest absolute Gasteiger partial charge is 0.355 e. The Kier molecular flexibility index (Phi) is 30.3. The van der Waals surface area contributed by atoms with Gasteiger partial charge in [0.2, 0.25) is 0 Å². The van der Waals surface area contributed by atoms with Crippen molar-refractivity contribution < 1.29 is 39.0 Å². The van der Waals surface area contributed by atoms with Crippen LogP contribution in [-0.2, 0) is 33.9 Å². The highest BCUT2D eigenvalue weighted by molar-refractivity contribution is 5.77. The molecule has 0 bridgehead atoms. The molecule has 1 N–H and O–H groups in total. The first-order valence-electron chi connectivity index (χ1n) is 18.0. The SMILES string of the molecule is CCCCC(CC)(OOC(C)(C)C)C(=O)O.CCCCCCCCCCCC(=O)OOC(=O)CCCCCCCCCCC. The minimum Gasteiger partial charge on any atom is -0.479 e. The molecule has 0 amide bonds. The van der Waals surface area contributed by atoms with Crippen molar-refractivity contribution in [2.75, 3.05) is 0 Å². The van der Waals surface area contributed by atoms with Gasteiger partial charge in [-0.1, -0.05) is 143 Å². The number of carbonyl (C=O) groups excluding carboxylic acids is 2. The lowest BCUT2D eigenvalue weighted by molar-refractivity contribution is -0.398. The van der Waals surface area contributed by atoms with Gasteiger partial charge in [-0.3, -0.25) is 0 Å². The summed E-state index contributed by atoms with van der Waals surface area (Å²) in [6.07, 6.45) is 25.0. The molecule has 0 aromatic heterocycles. The highest BCUT2D eigenvalue weighted by Crippen LogP contribution is 2.26. The molecule has 262 valence electrons. The van der Waals surface area contributed by atoms with Crippen LogP contribution in [0.1, 0.15) is 203 Å². The third-order valence-corrected chi connectivity index (χ3v) is 7.54. The molecule has 8 heteroatoms. The van der Waals surface area contributed by atoms with E-state index in [9.17, 15) is 19.5 Å². The molecule has 0 saturated carbocycles. The van der Waals surface area contributed by atoms with Gasteiger partial charge in [-0.25, -0.2) is 33.9 Å². The second kappa shape index (κ2) is 30.0. The molecule has 0 aliphatic carbocycles. The summed E-state index contributed by atoms with van der Waals surface area (Å²) in [7, 11) is 0. The Morgan fingerprint density at radius 3 is 1.14 bits per heavy atom. The van der Waals surface area contributed by atoms with Gasteiger partial charge < -0.3 is 5.11 Å². The lowest BCUT2D eigenvalue weighted by Gasteiger charge is -2.30. The Labute approximate surface area is 270 Å². The van der Waals surface area contributed by atoms with Gasteiger partial charge in [0.15, 0.2) is 5.60 Å². The fraction of sp³-hybridized carbons (Fsp3) is 0.917. The lowest BCUT2D eigenvalue weighted by atomic mass is 9.94. The van der Waals surface area contributed by atoms with Crippen LogP contribution in [0.25, 0.3) is 0 Å². The summed E-state index contributed by atoms with van der Waals surface area (Å²) in [5.74, 6) is -1.81. The van der Waals surface area contributed by atoms with Gasteiger partial charge in [0.05, 0.1) is 18.4 Å². The topological polar surface area (TPSA) is 108 Å². The van der Waals surface area contributed by atoms with Crippen LogP contribution in [0.15, 0.2) is 0 Å². The van der Waals surface area contributed by atoms with Crippen molar-refractivity contribution in [2.24, 2.45) is 0 Å². The molecule has 0 aliphatic rings. The molecular weight excluding hydrogens is 560 g/mol. The van der Waals surface area contributed by atoms with E-state index in [-0.39, 0.29) is 0 Å². The van der Waals surface area contributed by atoms with E-state index in [2.05, 4.69) is 23.6 Å². The van der Waals surface area contributed by atoms with Gasteiger partial charge in [0.25, 0.3) is 0 Å². The third kappa shape index (κ3) is 29.1. The molecule has 0 heterocycles. The van der Waals surface area contributed by atoms with E-state index in [4.69, 9.17) is 9.78 Å². The van der Waals surface area contributed by atoms with Crippen LogP contribution in [0.3, 0.4) is 0 Å².